The van der Waals surface area contributed by atoms with E-state index in [4.69, 9.17) is 0 Å². The van der Waals surface area contributed by atoms with Crippen molar-refractivity contribution in [2.75, 3.05) is 31.1 Å². The van der Waals surface area contributed by atoms with Crippen LogP contribution < -0.4 is 10.2 Å². The minimum atomic E-state index is 0.967. The first-order chi connectivity index (χ1) is 8.84. The standard InChI is InChI=1S/C13H17N5/c1-17-12(11-4-2-3-5-15-11)10-13(16-17)18-8-6-14-7-9-18/h2-5,10,14H,6-9H2,1H3. The van der Waals surface area contributed by atoms with Crippen molar-refractivity contribution in [1.82, 2.24) is 20.1 Å². The summed E-state index contributed by atoms with van der Waals surface area (Å²) in [5.41, 5.74) is 2.03. The average molecular weight is 243 g/mol. The smallest absolute Gasteiger partial charge is 0.151 e. The highest BCUT2D eigenvalue weighted by atomic mass is 15.4. The number of aromatic nitrogens is 3. The van der Waals surface area contributed by atoms with E-state index in [9.17, 15) is 0 Å². The first kappa shape index (κ1) is 11.2. The van der Waals surface area contributed by atoms with E-state index in [2.05, 4.69) is 26.4 Å². The van der Waals surface area contributed by atoms with Crippen molar-refractivity contribution >= 4 is 5.82 Å². The lowest BCUT2D eigenvalue weighted by molar-refractivity contribution is 0.581. The van der Waals surface area contributed by atoms with Crippen LogP contribution in [0.2, 0.25) is 0 Å². The molecule has 0 aliphatic carbocycles. The lowest BCUT2D eigenvalue weighted by Crippen LogP contribution is -2.43. The van der Waals surface area contributed by atoms with Crippen molar-refractivity contribution in [3.8, 4) is 11.4 Å². The van der Waals surface area contributed by atoms with Crippen LogP contribution in [-0.4, -0.2) is 40.9 Å². The van der Waals surface area contributed by atoms with E-state index in [1.54, 1.807) is 0 Å². The Morgan fingerprint density at radius 3 is 2.78 bits per heavy atom. The fourth-order valence-corrected chi connectivity index (χ4v) is 2.25. The van der Waals surface area contributed by atoms with Gasteiger partial charge in [0.2, 0.25) is 0 Å². The highest BCUT2D eigenvalue weighted by Crippen LogP contribution is 2.22. The molecule has 0 atom stereocenters. The van der Waals surface area contributed by atoms with Gasteiger partial charge in [-0.2, -0.15) is 5.10 Å². The van der Waals surface area contributed by atoms with Crippen LogP contribution in [0.3, 0.4) is 0 Å². The molecule has 1 saturated heterocycles. The van der Waals surface area contributed by atoms with Gasteiger partial charge in [-0.1, -0.05) is 6.07 Å². The van der Waals surface area contributed by atoms with E-state index in [0.717, 1.165) is 43.4 Å². The van der Waals surface area contributed by atoms with Gasteiger partial charge in [-0.15, -0.1) is 0 Å². The molecule has 1 fully saturated rings. The number of rotatable bonds is 2. The minimum absolute atomic E-state index is 0.967. The molecule has 2 aromatic heterocycles. The third-order valence-corrected chi connectivity index (χ3v) is 3.24. The summed E-state index contributed by atoms with van der Waals surface area (Å²) in [6, 6.07) is 8.06. The summed E-state index contributed by atoms with van der Waals surface area (Å²) < 4.78 is 1.90. The summed E-state index contributed by atoms with van der Waals surface area (Å²) in [5, 5.41) is 7.93. The molecule has 3 heterocycles. The van der Waals surface area contributed by atoms with Gasteiger partial charge in [0.15, 0.2) is 5.82 Å². The maximum absolute atomic E-state index is 4.59. The Labute approximate surface area is 106 Å². The maximum atomic E-state index is 4.59. The van der Waals surface area contributed by atoms with Gasteiger partial charge >= 0.3 is 0 Å². The van der Waals surface area contributed by atoms with Gasteiger partial charge in [0, 0.05) is 45.5 Å². The highest BCUT2D eigenvalue weighted by molar-refractivity contribution is 5.60. The van der Waals surface area contributed by atoms with Crippen LogP contribution >= 0.6 is 0 Å². The molecule has 0 unspecified atom stereocenters. The topological polar surface area (TPSA) is 46.0 Å². The number of hydrogen-bond donors (Lipinski definition) is 1. The number of pyridine rings is 1. The fraction of sp³-hybridized carbons (Fsp3) is 0.385. The molecule has 0 amide bonds. The largest absolute Gasteiger partial charge is 0.353 e. The van der Waals surface area contributed by atoms with E-state index in [-0.39, 0.29) is 0 Å². The Balaban J connectivity index is 1.91. The van der Waals surface area contributed by atoms with E-state index in [1.165, 1.54) is 0 Å². The molecule has 3 rings (SSSR count). The Hall–Kier alpha value is -1.88. The Kier molecular flexibility index (Phi) is 2.98. The molecule has 0 radical (unpaired) electrons. The Morgan fingerprint density at radius 1 is 1.22 bits per heavy atom. The molecule has 1 aliphatic heterocycles. The summed E-state index contributed by atoms with van der Waals surface area (Å²) >= 11 is 0. The quantitative estimate of drug-likeness (QED) is 0.851. The monoisotopic (exact) mass is 243 g/mol. The molecule has 0 spiro atoms. The summed E-state index contributed by atoms with van der Waals surface area (Å²) in [7, 11) is 1.97. The van der Waals surface area contributed by atoms with Crippen LogP contribution in [0.15, 0.2) is 30.5 Å². The van der Waals surface area contributed by atoms with Crippen molar-refractivity contribution in [2.24, 2.45) is 7.05 Å². The Morgan fingerprint density at radius 2 is 2.06 bits per heavy atom. The van der Waals surface area contributed by atoms with Crippen LogP contribution in [0.25, 0.3) is 11.4 Å². The van der Waals surface area contributed by atoms with E-state index >= 15 is 0 Å². The number of hydrogen-bond acceptors (Lipinski definition) is 4. The molecule has 0 bridgehead atoms. The number of nitrogens with zero attached hydrogens (tertiary/aromatic N) is 4. The van der Waals surface area contributed by atoms with Crippen LogP contribution in [0, 0.1) is 0 Å². The normalized spacial score (nSPS) is 15.9. The molecule has 0 saturated carbocycles. The summed E-state index contributed by atoms with van der Waals surface area (Å²) in [6.45, 7) is 4.07. The molecule has 94 valence electrons. The second kappa shape index (κ2) is 4.78. The first-order valence-corrected chi connectivity index (χ1v) is 6.26. The van der Waals surface area contributed by atoms with Gasteiger partial charge < -0.3 is 10.2 Å². The predicted molar refractivity (Wildman–Crippen MR) is 71.5 cm³/mol. The zero-order valence-electron chi connectivity index (χ0n) is 10.5. The third-order valence-electron chi connectivity index (χ3n) is 3.24. The van der Waals surface area contributed by atoms with Crippen molar-refractivity contribution in [3.05, 3.63) is 30.5 Å². The van der Waals surface area contributed by atoms with Gasteiger partial charge in [-0.25, -0.2) is 0 Å². The zero-order valence-corrected chi connectivity index (χ0v) is 10.5. The molecular formula is C13H17N5. The predicted octanol–water partition coefficient (Wildman–Crippen LogP) is 0.892. The summed E-state index contributed by atoms with van der Waals surface area (Å²) in [4.78, 5) is 6.69. The average Bonchev–Trinajstić information content (AvgIpc) is 2.83. The minimum Gasteiger partial charge on any atom is -0.353 e. The molecule has 5 nitrogen and oxygen atoms in total. The van der Waals surface area contributed by atoms with Gasteiger partial charge in [-0.05, 0) is 12.1 Å². The van der Waals surface area contributed by atoms with Crippen LogP contribution in [0.1, 0.15) is 0 Å². The molecule has 0 aromatic carbocycles. The SMILES string of the molecule is Cn1nc(N2CCNCC2)cc1-c1ccccn1. The van der Waals surface area contributed by atoms with Crippen molar-refractivity contribution in [3.63, 3.8) is 0 Å². The van der Waals surface area contributed by atoms with Crippen LogP contribution in [0.5, 0.6) is 0 Å². The van der Waals surface area contributed by atoms with Crippen molar-refractivity contribution < 1.29 is 0 Å². The number of aryl methyl sites for hydroxylation is 1. The highest BCUT2D eigenvalue weighted by Gasteiger charge is 2.15. The zero-order chi connectivity index (χ0) is 12.4. The summed E-state index contributed by atoms with van der Waals surface area (Å²) in [6.07, 6.45) is 1.81. The van der Waals surface area contributed by atoms with Gasteiger partial charge in [0.25, 0.3) is 0 Å². The van der Waals surface area contributed by atoms with Crippen molar-refractivity contribution in [1.29, 1.82) is 0 Å². The lowest BCUT2D eigenvalue weighted by atomic mass is 10.2. The van der Waals surface area contributed by atoms with E-state index in [0.29, 0.717) is 0 Å². The molecule has 1 aliphatic rings. The molecular weight excluding hydrogens is 226 g/mol. The molecule has 18 heavy (non-hydrogen) atoms. The Bertz CT molecular complexity index is 513. The third kappa shape index (κ3) is 2.09. The molecule has 1 N–H and O–H groups in total. The van der Waals surface area contributed by atoms with Gasteiger partial charge in [0.05, 0.1) is 11.4 Å². The second-order valence-electron chi connectivity index (χ2n) is 4.46. The van der Waals surface area contributed by atoms with Crippen molar-refractivity contribution in [2.45, 2.75) is 0 Å². The van der Waals surface area contributed by atoms with Crippen LogP contribution in [0.4, 0.5) is 5.82 Å². The summed E-state index contributed by atoms with van der Waals surface area (Å²) in [5.74, 6) is 1.04. The van der Waals surface area contributed by atoms with Crippen LogP contribution in [-0.2, 0) is 7.05 Å². The number of nitrogens with one attached hydrogen (secondary N) is 1. The second-order valence-corrected chi connectivity index (χ2v) is 4.46. The number of anilines is 1. The van der Waals surface area contributed by atoms with E-state index in [1.807, 2.05) is 36.1 Å². The van der Waals surface area contributed by atoms with E-state index < -0.39 is 0 Å². The van der Waals surface area contributed by atoms with Gasteiger partial charge in [0.1, 0.15) is 0 Å². The first-order valence-electron chi connectivity index (χ1n) is 6.26. The lowest BCUT2D eigenvalue weighted by Gasteiger charge is -2.26. The molecule has 2 aromatic rings. The maximum Gasteiger partial charge on any atom is 0.151 e. The van der Waals surface area contributed by atoms with Gasteiger partial charge in [-0.3, -0.25) is 9.67 Å². The fourth-order valence-electron chi connectivity index (χ4n) is 2.25. The number of piperazine rings is 1. The molecule has 5 heteroatoms.